The molecule has 1 atom stereocenters. The van der Waals surface area contributed by atoms with Crippen LogP contribution in [0.25, 0.3) is 11.0 Å². The monoisotopic (exact) mass is 521 g/mol. The quantitative estimate of drug-likeness (QED) is 0.477. The molecule has 4 rings (SSSR count). The predicted octanol–water partition coefficient (Wildman–Crippen LogP) is 4.85. The highest BCUT2D eigenvalue weighted by Gasteiger charge is 2.37. The number of nitrogens with zero attached hydrogens (tertiary/aromatic N) is 3. The highest BCUT2D eigenvalue weighted by molar-refractivity contribution is 5.91. The van der Waals surface area contributed by atoms with Gasteiger partial charge in [0, 0.05) is 19.6 Å². The van der Waals surface area contributed by atoms with Crippen LogP contribution in [-0.4, -0.2) is 40.5 Å². The van der Waals surface area contributed by atoms with E-state index in [0.717, 1.165) is 5.56 Å². The zero-order valence-electron chi connectivity index (χ0n) is 22.7. The summed E-state index contributed by atoms with van der Waals surface area (Å²) in [6.07, 6.45) is 0.943. The standard InChI is InChI=1S/C24H24FN5O3.C5H12/c1-16(27-21-19-4-2-3-5-20(19)33-23(32)28-21)22(31)29-24(15-26)10-12-30(13-11-24)14-17-6-8-18(25)9-7-17;1-5(2,3)4/h2-9,16H,10-14H2,1H3,(H,29,31)(H,27,28,32);1-4H3. The molecule has 0 spiro atoms. The highest BCUT2D eigenvalue weighted by atomic mass is 19.1. The van der Waals surface area contributed by atoms with Gasteiger partial charge in [-0.15, -0.1) is 0 Å². The number of likely N-dealkylation sites (tertiary alicyclic amines) is 1. The zero-order chi connectivity index (χ0) is 27.9. The highest BCUT2D eigenvalue weighted by Crippen LogP contribution is 2.24. The molecular formula is C29H36FN5O3. The third-order valence-electron chi connectivity index (χ3n) is 5.89. The van der Waals surface area contributed by atoms with Crippen LogP contribution in [-0.2, 0) is 11.3 Å². The average molecular weight is 522 g/mol. The smallest absolute Gasteiger partial charge is 0.408 e. The predicted molar refractivity (Wildman–Crippen MR) is 146 cm³/mol. The van der Waals surface area contributed by atoms with Crippen LogP contribution in [0.4, 0.5) is 10.2 Å². The number of aromatic nitrogens is 1. The van der Waals surface area contributed by atoms with Gasteiger partial charge in [-0.3, -0.25) is 9.69 Å². The number of nitrogens with one attached hydrogen (secondary N) is 2. The minimum atomic E-state index is -0.975. The Hall–Kier alpha value is -3.77. The van der Waals surface area contributed by atoms with E-state index >= 15 is 0 Å². The second kappa shape index (κ2) is 12.2. The molecule has 0 aliphatic carbocycles. The lowest BCUT2D eigenvalue weighted by molar-refractivity contribution is -0.123. The lowest BCUT2D eigenvalue weighted by Gasteiger charge is -2.38. The molecule has 202 valence electrons. The molecule has 0 bridgehead atoms. The Morgan fingerprint density at radius 2 is 1.76 bits per heavy atom. The van der Waals surface area contributed by atoms with Gasteiger partial charge < -0.3 is 15.1 Å². The third-order valence-corrected chi connectivity index (χ3v) is 5.89. The first-order chi connectivity index (χ1) is 17.9. The van der Waals surface area contributed by atoms with Gasteiger partial charge in [0.15, 0.2) is 0 Å². The number of hydrogen-bond donors (Lipinski definition) is 2. The molecule has 3 aromatic rings. The van der Waals surface area contributed by atoms with Gasteiger partial charge in [-0.05, 0) is 55.0 Å². The van der Waals surface area contributed by atoms with Gasteiger partial charge in [0.05, 0.1) is 11.5 Å². The molecule has 1 saturated heterocycles. The van der Waals surface area contributed by atoms with Gasteiger partial charge in [0.2, 0.25) is 5.91 Å². The number of fused-ring (bicyclic) bond motifs is 1. The number of benzene rings is 2. The molecule has 2 aromatic carbocycles. The van der Waals surface area contributed by atoms with Crippen LogP contribution in [0, 0.1) is 22.6 Å². The van der Waals surface area contributed by atoms with Gasteiger partial charge in [0.25, 0.3) is 0 Å². The molecule has 9 heteroatoms. The molecule has 1 unspecified atom stereocenters. The summed E-state index contributed by atoms with van der Waals surface area (Å²) < 4.78 is 18.2. The van der Waals surface area contributed by atoms with Crippen LogP contribution in [0.5, 0.6) is 0 Å². The Balaban J connectivity index is 0.000000732. The zero-order valence-corrected chi connectivity index (χ0v) is 22.7. The number of carbonyl (C=O) groups excluding carboxylic acids is 1. The van der Waals surface area contributed by atoms with Crippen molar-refractivity contribution < 1.29 is 13.6 Å². The topological polar surface area (TPSA) is 111 Å². The van der Waals surface area contributed by atoms with Crippen LogP contribution < -0.4 is 16.4 Å². The van der Waals surface area contributed by atoms with Crippen molar-refractivity contribution in [1.29, 1.82) is 5.26 Å². The van der Waals surface area contributed by atoms with E-state index in [2.05, 4.69) is 54.3 Å². The first kappa shape index (κ1) is 28.8. The van der Waals surface area contributed by atoms with E-state index in [9.17, 15) is 19.2 Å². The minimum Gasteiger partial charge on any atom is -0.408 e. The van der Waals surface area contributed by atoms with Crippen molar-refractivity contribution in [1.82, 2.24) is 15.2 Å². The van der Waals surface area contributed by atoms with Crippen LogP contribution in [0.1, 0.15) is 53.0 Å². The maximum atomic E-state index is 13.1. The summed E-state index contributed by atoms with van der Waals surface area (Å²) in [7, 11) is 0. The molecule has 2 heterocycles. The van der Waals surface area contributed by atoms with Crippen LogP contribution in [0.2, 0.25) is 0 Å². The molecule has 38 heavy (non-hydrogen) atoms. The summed E-state index contributed by atoms with van der Waals surface area (Å²) in [5.41, 5.74) is 0.891. The van der Waals surface area contributed by atoms with Crippen LogP contribution in [0.3, 0.4) is 0 Å². The largest absolute Gasteiger partial charge is 0.441 e. The fourth-order valence-corrected chi connectivity index (χ4v) is 3.95. The molecule has 1 aliphatic heterocycles. The van der Waals surface area contributed by atoms with E-state index in [0.29, 0.717) is 48.9 Å². The van der Waals surface area contributed by atoms with Crippen molar-refractivity contribution in [2.75, 3.05) is 18.4 Å². The van der Waals surface area contributed by atoms with E-state index in [1.54, 1.807) is 43.3 Å². The lowest BCUT2D eigenvalue weighted by Crippen LogP contribution is -2.56. The van der Waals surface area contributed by atoms with Crippen LogP contribution in [0.15, 0.2) is 57.7 Å². The molecule has 1 aromatic heterocycles. The summed E-state index contributed by atoms with van der Waals surface area (Å²) in [5, 5.41) is 16.3. The van der Waals surface area contributed by atoms with Crippen molar-refractivity contribution in [2.45, 2.75) is 65.6 Å². The molecule has 0 radical (unpaired) electrons. The summed E-state index contributed by atoms with van der Waals surface area (Å²) in [6.45, 7) is 12.3. The van der Waals surface area contributed by atoms with Crippen molar-refractivity contribution in [3.05, 3.63) is 70.5 Å². The third kappa shape index (κ3) is 8.38. The number of rotatable bonds is 6. The average Bonchev–Trinajstić information content (AvgIpc) is 2.85. The maximum absolute atomic E-state index is 13.1. The first-order valence-electron chi connectivity index (χ1n) is 12.7. The van der Waals surface area contributed by atoms with Gasteiger partial charge in [0.1, 0.15) is 28.8 Å². The van der Waals surface area contributed by atoms with Crippen molar-refractivity contribution in [2.24, 2.45) is 5.41 Å². The molecular weight excluding hydrogens is 485 g/mol. The van der Waals surface area contributed by atoms with E-state index in [1.165, 1.54) is 12.1 Å². The number of nitriles is 1. The lowest BCUT2D eigenvalue weighted by atomic mass is 9.88. The second-order valence-corrected chi connectivity index (χ2v) is 11.3. The number of para-hydroxylation sites is 1. The van der Waals surface area contributed by atoms with Crippen molar-refractivity contribution in [3.63, 3.8) is 0 Å². The molecule has 1 fully saturated rings. The Labute approximate surface area is 222 Å². The Kier molecular flexibility index (Phi) is 9.23. The SMILES string of the molecule is CC(C)(C)C.CC(Nc1nc(=O)oc2ccccc12)C(=O)NC1(C#N)CCN(Cc2ccc(F)cc2)CC1. The summed E-state index contributed by atoms with van der Waals surface area (Å²) in [5.74, 6) is -1.14. The van der Waals surface area contributed by atoms with E-state index in [-0.39, 0.29) is 17.5 Å². The molecule has 1 aliphatic rings. The molecule has 2 N–H and O–H groups in total. The van der Waals surface area contributed by atoms with E-state index < -0.39 is 17.3 Å². The second-order valence-electron chi connectivity index (χ2n) is 11.3. The summed E-state index contributed by atoms with van der Waals surface area (Å²) in [6, 6.07) is 14.8. The number of anilines is 1. The normalized spacial score (nSPS) is 16.0. The molecule has 0 saturated carbocycles. The number of carbonyl (C=O) groups is 1. The van der Waals surface area contributed by atoms with Gasteiger partial charge in [-0.25, -0.2) is 9.18 Å². The number of amides is 1. The summed E-state index contributed by atoms with van der Waals surface area (Å²) in [4.78, 5) is 30.7. The fourth-order valence-electron chi connectivity index (χ4n) is 3.95. The van der Waals surface area contributed by atoms with Gasteiger partial charge >= 0.3 is 5.76 Å². The maximum Gasteiger partial charge on any atom is 0.441 e. The van der Waals surface area contributed by atoms with Gasteiger partial charge in [-0.1, -0.05) is 52.0 Å². The Morgan fingerprint density at radius 3 is 2.37 bits per heavy atom. The van der Waals surface area contributed by atoms with Crippen LogP contribution >= 0.6 is 0 Å². The van der Waals surface area contributed by atoms with E-state index in [4.69, 9.17) is 4.42 Å². The number of hydrogen-bond acceptors (Lipinski definition) is 7. The number of piperidine rings is 1. The molecule has 8 nitrogen and oxygen atoms in total. The summed E-state index contributed by atoms with van der Waals surface area (Å²) >= 11 is 0. The van der Waals surface area contributed by atoms with Crippen molar-refractivity contribution in [3.8, 4) is 6.07 Å². The van der Waals surface area contributed by atoms with Gasteiger partial charge in [-0.2, -0.15) is 10.2 Å². The minimum absolute atomic E-state index is 0.254. The first-order valence-corrected chi connectivity index (χ1v) is 12.7. The Morgan fingerprint density at radius 1 is 1.16 bits per heavy atom. The van der Waals surface area contributed by atoms with E-state index in [1.807, 2.05) is 0 Å². The molecule has 1 amide bonds. The number of halogens is 1. The fraction of sp³-hybridized carbons (Fsp3) is 0.448. The van der Waals surface area contributed by atoms with Crippen molar-refractivity contribution >= 4 is 22.7 Å². The Bertz CT molecular complexity index is 1330.